The molecule has 0 amide bonds. The molecule has 0 fully saturated rings. The van der Waals surface area contributed by atoms with E-state index < -0.39 is 0 Å². The molecule has 0 bridgehead atoms. The van der Waals surface area contributed by atoms with Crippen molar-refractivity contribution in [2.24, 2.45) is 10.1 Å². The summed E-state index contributed by atoms with van der Waals surface area (Å²) in [6.45, 7) is 1.79. The van der Waals surface area contributed by atoms with Crippen LogP contribution in [0.15, 0.2) is 4.99 Å². The zero-order chi connectivity index (χ0) is 5.70. The molecular weight excluding hydrogens is 151 g/mol. The molecule has 0 saturated heterocycles. The minimum absolute atomic E-state index is 0. The van der Waals surface area contributed by atoms with Crippen LogP contribution >= 0.6 is 24.2 Å². The molecule has 0 aromatic carbocycles. The molecule has 0 aliphatic rings. The maximum atomic E-state index is 5.02. The number of thiocarbonyl (C=S) groups is 1. The molecule has 0 saturated carbocycles. The first-order valence-corrected chi connectivity index (χ1v) is 2.99. The summed E-state index contributed by atoms with van der Waals surface area (Å²) >= 11 is 5.58. The molecule has 2 nitrogen and oxygen atoms in total. The van der Waals surface area contributed by atoms with Crippen LogP contribution in [0.5, 0.6) is 0 Å². The first-order valence-electron chi connectivity index (χ1n) is 1.70. The summed E-state index contributed by atoms with van der Waals surface area (Å²) in [4.78, 5) is 3.69. The Bertz CT molecular complexity index is 93.3. The minimum atomic E-state index is 0. The van der Waals surface area contributed by atoms with E-state index in [1.165, 1.54) is 0 Å². The molecule has 0 rings (SSSR count). The van der Waals surface area contributed by atoms with E-state index in [-0.39, 0.29) is 29.6 Å². The third-order valence-electron chi connectivity index (χ3n) is 0.335. The van der Waals surface area contributed by atoms with Gasteiger partial charge in [0.2, 0.25) is 0 Å². The number of nitrogens with two attached hydrogens (primary N) is 1. The van der Waals surface area contributed by atoms with E-state index in [1.807, 2.05) is 0 Å². The Morgan fingerprint density at radius 3 is 2.50 bits per heavy atom. The van der Waals surface area contributed by atoms with Gasteiger partial charge in [0.15, 0.2) is 4.32 Å². The number of aliphatic imine (C=N–C) groups is 1. The van der Waals surface area contributed by atoms with E-state index in [0.29, 0.717) is 4.32 Å². The van der Waals surface area contributed by atoms with Gasteiger partial charge in [-0.1, -0.05) is 0 Å². The molecule has 8 heavy (non-hydrogen) atoms. The second-order valence-corrected chi connectivity index (χ2v) is 2.04. The number of rotatable bonds is 0. The van der Waals surface area contributed by atoms with Crippen LogP contribution in [-0.4, -0.2) is 40.1 Å². The van der Waals surface area contributed by atoms with Crippen LogP contribution in [0.2, 0.25) is 0 Å². The summed E-state index contributed by atoms with van der Waals surface area (Å²) < 4.78 is 0.475. The zero-order valence-electron chi connectivity index (χ0n) is 3.92. The second-order valence-electron chi connectivity index (χ2n) is 0.771. The fraction of sp³-hybridized carbons (Fsp3) is 0.333. The first kappa shape index (κ1) is 11.8. The fourth-order valence-electron chi connectivity index (χ4n) is 0.136. The summed E-state index contributed by atoms with van der Waals surface area (Å²) in [6, 6.07) is 0. The van der Waals surface area contributed by atoms with E-state index in [1.54, 1.807) is 13.1 Å². The van der Waals surface area contributed by atoms with Crippen LogP contribution in [0.3, 0.4) is 0 Å². The standard InChI is InChI=1S/C3H6N2S2.Na.H/c1-2-5-3(6)7-4;;/h2H,4H2,1H3;;. The Hall–Kier alpha value is 1.07. The Kier molecular flexibility index (Phi) is 11.9. The first-order chi connectivity index (χ1) is 3.31. The molecule has 0 aromatic rings. The van der Waals surface area contributed by atoms with Crippen LogP contribution in [0.1, 0.15) is 6.92 Å². The van der Waals surface area contributed by atoms with Crippen molar-refractivity contribution in [3.63, 3.8) is 0 Å². The van der Waals surface area contributed by atoms with E-state index in [0.717, 1.165) is 11.9 Å². The van der Waals surface area contributed by atoms with E-state index in [4.69, 9.17) is 5.14 Å². The Morgan fingerprint density at radius 2 is 2.38 bits per heavy atom. The van der Waals surface area contributed by atoms with Crippen molar-refractivity contribution in [2.75, 3.05) is 0 Å². The van der Waals surface area contributed by atoms with Crippen LogP contribution < -0.4 is 5.14 Å². The zero-order valence-corrected chi connectivity index (χ0v) is 5.55. The van der Waals surface area contributed by atoms with Gasteiger partial charge >= 0.3 is 29.6 Å². The van der Waals surface area contributed by atoms with Crippen molar-refractivity contribution in [1.82, 2.24) is 0 Å². The quantitative estimate of drug-likeness (QED) is 0.239. The summed E-state index contributed by atoms with van der Waals surface area (Å²) in [6.07, 6.45) is 1.61. The number of hydrogen-bond acceptors (Lipinski definition) is 3. The van der Waals surface area contributed by atoms with Crippen molar-refractivity contribution in [3.8, 4) is 0 Å². The van der Waals surface area contributed by atoms with Crippen LogP contribution in [0.4, 0.5) is 0 Å². The van der Waals surface area contributed by atoms with Crippen molar-refractivity contribution in [2.45, 2.75) is 6.92 Å². The van der Waals surface area contributed by atoms with Crippen molar-refractivity contribution < 1.29 is 0 Å². The Balaban J connectivity index is 0. The third kappa shape index (κ3) is 7.07. The normalized spacial score (nSPS) is 8.75. The predicted molar refractivity (Wildman–Crippen MR) is 45.7 cm³/mol. The Labute approximate surface area is 80.7 Å². The molecule has 0 heterocycles. The molecular formula is C3H7N2NaS2. The van der Waals surface area contributed by atoms with Gasteiger partial charge in [0, 0.05) is 6.21 Å². The average molecular weight is 158 g/mol. The van der Waals surface area contributed by atoms with Gasteiger partial charge in [0.25, 0.3) is 0 Å². The second kappa shape index (κ2) is 8.07. The molecule has 2 N–H and O–H groups in total. The average Bonchev–Trinajstić information content (AvgIpc) is 1.68. The van der Waals surface area contributed by atoms with Crippen molar-refractivity contribution in [1.29, 1.82) is 0 Å². The van der Waals surface area contributed by atoms with Crippen molar-refractivity contribution >= 4 is 64.3 Å². The molecule has 5 heteroatoms. The molecule has 0 atom stereocenters. The van der Waals surface area contributed by atoms with E-state index in [2.05, 4.69) is 17.2 Å². The molecule has 42 valence electrons. The van der Waals surface area contributed by atoms with Crippen LogP contribution in [0.25, 0.3) is 0 Å². The molecule has 0 aliphatic heterocycles. The van der Waals surface area contributed by atoms with Gasteiger partial charge in [0.05, 0.1) is 0 Å². The SMILES string of the molecule is CC=NC(=S)SN.[NaH]. The molecule has 0 spiro atoms. The van der Waals surface area contributed by atoms with Gasteiger partial charge in [0.1, 0.15) is 0 Å². The van der Waals surface area contributed by atoms with Gasteiger partial charge in [-0.2, -0.15) is 0 Å². The third-order valence-corrected chi connectivity index (χ3v) is 1.04. The monoisotopic (exact) mass is 158 g/mol. The summed E-state index contributed by atoms with van der Waals surface area (Å²) in [5, 5.41) is 5.02. The molecule has 0 aliphatic carbocycles. The van der Waals surface area contributed by atoms with Gasteiger partial charge in [-0.3, -0.25) is 5.14 Å². The summed E-state index contributed by atoms with van der Waals surface area (Å²) in [5.41, 5.74) is 0. The van der Waals surface area contributed by atoms with Gasteiger partial charge < -0.3 is 0 Å². The fourth-order valence-corrected chi connectivity index (χ4v) is 0.408. The van der Waals surface area contributed by atoms with Crippen LogP contribution in [-0.2, 0) is 0 Å². The summed E-state index contributed by atoms with van der Waals surface area (Å²) in [7, 11) is 0. The van der Waals surface area contributed by atoms with Crippen LogP contribution in [0, 0.1) is 0 Å². The molecule has 0 aromatic heterocycles. The molecule has 0 unspecified atom stereocenters. The predicted octanol–water partition coefficient (Wildman–Crippen LogP) is 0.320. The van der Waals surface area contributed by atoms with Gasteiger partial charge in [-0.15, -0.1) is 0 Å². The maximum absolute atomic E-state index is 5.02. The topological polar surface area (TPSA) is 38.4 Å². The summed E-state index contributed by atoms with van der Waals surface area (Å²) in [5.74, 6) is 0. The Morgan fingerprint density at radius 1 is 1.88 bits per heavy atom. The van der Waals surface area contributed by atoms with E-state index in [9.17, 15) is 0 Å². The van der Waals surface area contributed by atoms with Crippen molar-refractivity contribution in [3.05, 3.63) is 0 Å². The molecule has 0 radical (unpaired) electrons. The van der Waals surface area contributed by atoms with E-state index >= 15 is 0 Å². The van der Waals surface area contributed by atoms with Gasteiger partial charge in [-0.05, 0) is 31.1 Å². The number of nitrogens with zero attached hydrogens (tertiary/aromatic N) is 1. The number of hydrogen-bond donors (Lipinski definition) is 1. The van der Waals surface area contributed by atoms with Gasteiger partial charge in [-0.25, -0.2) is 4.99 Å².